The van der Waals surface area contributed by atoms with Crippen LogP contribution in [0.25, 0.3) is 0 Å². The van der Waals surface area contributed by atoms with Crippen molar-refractivity contribution in [2.45, 2.75) is 51.6 Å². The van der Waals surface area contributed by atoms with E-state index in [1.807, 2.05) is 6.07 Å². The molecule has 1 fully saturated rings. The van der Waals surface area contributed by atoms with Crippen LogP contribution >= 0.6 is 0 Å². The zero-order valence-electron chi connectivity index (χ0n) is 11.5. The average Bonchev–Trinajstić information content (AvgIpc) is 2.80. The molecule has 3 heteroatoms. The van der Waals surface area contributed by atoms with E-state index < -0.39 is 0 Å². The number of hydrogen-bond acceptors (Lipinski definition) is 3. The third-order valence-corrected chi connectivity index (χ3v) is 4.12. The maximum Gasteiger partial charge on any atom is 0.117 e. The maximum absolute atomic E-state index is 6.31. The van der Waals surface area contributed by atoms with Gasteiger partial charge in [-0.1, -0.05) is 26.2 Å². The Bertz CT molecular complexity index is 323. The highest BCUT2D eigenvalue weighted by Crippen LogP contribution is 2.23. The van der Waals surface area contributed by atoms with Crippen molar-refractivity contribution in [2.24, 2.45) is 11.7 Å². The molecule has 1 aliphatic rings. The molecular weight excluding hydrogens is 224 g/mol. The Labute approximate surface area is 110 Å². The monoisotopic (exact) mass is 250 g/mol. The third kappa shape index (κ3) is 3.85. The van der Waals surface area contributed by atoms with Crippen molar-refractivity contribution in [3.8, 4) is 0 Å². The highest BCUT2D eigenvalue weighted by molar-refractivity contribution is 4.98. The second-order valence-electron chi connectivity index (χ2n) is 5.47. The largest absolute Gasteiger partial charge is 0.468 e. The van der Waals surface area contributed by atoms with Gasteiger partial charge in [0, 0.05) is 12.6 Å². The van der Waals surface area contributed by atoms with Crippen LogP contribution in [0.2, 0.25) is 0 Å². The summed E-state index contributed by atoms with van der Waals surface area (Å²) in [6.45, 7) is 5.29. The lowest BCUT2D eigenvalue weighted by Crippen LogP contribution is -2.38. The molecule has 0 saturated heterocycles. The van der Waals surface area contributed by atoms with Gasteiger partial charge in [-0.3, -0.25) is 4.90 Å². The third-order valence-electron chi connectivity index (χ3n) is 4.12. The van der Waals surface area contributed by atoms with Crippen LogP contribution in [0.5, 0.6) is 0 Å². The van der Waals surface area contributed by atoms with E-state index in [2.05, 4.69) is 17.9 Å². The van der Waals surface area contributed by atoms with E-state index in [1.165, 1.54) is 32.1 Å². The first kappa shape index (κ1) is 13.6. The molecule has 0 spiro atoms. The van der Waals surface area contributed by atoms with Gasteiger partial charge in [-0.25, -0.2) is 0 Å². The summed E-state index contributed by atoms with van der Waals surface area (Å²) in [6, 6.07) is 4.40. The van der Waals surface area contributed by atoms with E-state index in [0.29, 0.717) is 12.0 Å². The van der Waals surface area contributed by atoms with Crippen molar-refractivity contribution in [3.63, 3.8) is 0 Å². The molecule has 1 aliphatic carbocycles. The number of rotatable bonds is 5. The standard InChI is InChI=1S/C15H26N2O/c1-2-17(12-14-8-6-10-18-14)11-13-7-4-3-5-9-15(13)16/h6,8,10,13,15H,2-5,7,9,11-12,16H2,1H3. The highest BCUT2D eigenvalue weighted by atomic mass is 16.3. The molecular formula is C15H26N2O. The lowest BCUT2D eigenvalue weighted by atomic mass is 9.95. The van der Waals surface area contributed by atoms with Crippen molar-refractivity contribution in [2.75, 3.05) is 13.1 Å². The molecule has 0 bridgehead atoms. The lowest BCUT2D eigenvalue weighted by molar-refractivity contribution is 0.195. The Morgan fingerprint density at radius 1 is 1.33 bits per heavy atom. The fourth-order valence-electron chi connectivity index (χ4n) is 2.90. The summed E-state index contributed by atoms with van der Waals surface area (Å²) in [5.74, 6) is 1.71. The van der Waals surface area contributed by atoms with Crippen LogP contribution in [-0.4, -0.2) is 24.0 Å². The van der Waals surface area contributed by atoms with Crippen molar-refractivity contribution in [3.05, 3.63) is 24.2 Å². The average molecular weight is 250 g/mol. The summed E-state index contributed by atoms with van der Waals surface area (Å²) in [5, 5.41) is 0. The van der Waals surface area contributed by atoms with Gasteiger partial charge in [0.15, 0.2) is 0 Å². The summed E-state index contributed by atoms with van der Waals surface area (Å²) in [4.78, 5) is 2.45. The molecule has 1 heterocycles. The van der Waals surface area contributed by atoms with E-state index >= 15 is 0 Å². The smallest absolute Gasteiger partial charge is 0.117 e. The Kier molecular flexibility index (Phi) is 5.26. The normalized spacial score (nSPS) is 25.3. The lowest BCUT2D eigenvalue weighted by Gasteiger charge is -2.28. The Morgan fingerprint density at radius 2 is 2.17 bits per heavy atom. The van der Waals surface area contributed by atoms with Gasteiger partial charge in [0.25, 0.3) is 0 Å². The molecule has 0 aliphatic heterocycles. The number of nitrogens with two attached hydrogens (primary N) is 1. The summed E-state index contributed by atoms with van der Waals surface area (Å²) >= 11 is 0. The van der Waals surface area contributed by atoms with Crippen LogP contribution in [0.4, 0.5) is 0 Å². The molecule has 1 aromatic rings. The molecule has 2 rings (SSSR count). The van der Waals surface area contributed by atoms with E-state index in [1.54, 1.807) is 6.26 Å². The van der Waals surface area contributed by atoms with Crippen LogP contribution in [0.3, 0.4) is 0 Å². The Morgan fingerprint density at radius 3 is 2.89 bits per heavy atom. The second-order valence-corrected chi connectivity index (χ2v) is 5.47. The second kappa shape index (κ2) is 6.95. The summed E-state index contributed by atoms with van der Waals surface area (Å²) in [5.41, 5.74) is 6.31. The molecule has 1 aromatic heterocycles. The number of nitrogens with zero attached hydrogens (tertiary/aromatic N) is 1. The van der Waals surface area contributed by atoms with Gasteiger partial charge >= 0.3 is 0 Å². The van der Waals surface area contributed by atoms with Gasteiger partial charge in [0.1, 0.15) is 5.76 Å². The molecule has 18 heavy (non-hydrogen) atoms. The minimum atomic E-state index is 0.387. The fourth-order valence-corrected chi connectivity index (χ4v) is 2.90. The Hall–Kier alpha value is -0.800. The minimum absolute atomic E-state index is 0.387. The topological polar surface area (TPSA) is 42.4 Å². The molecule has 0 radical (unpaired) electrons. The first-order chi connectivity index (χ1) is 8.79. The molecule has 102 valence electrons. The first-order valence-electron chi connectivity index (χ1n) is 7.30. The molecule has 3 nitrogen and oxygen atoms in total. The predicted molar refractivity (Wildman–Crippen MR) is 74.2 cm³/mol. The van der Waals surface area contributed by atoms with Crippen LogP contribution < -0.4 is 5.73 Å². The van der Waals surface area contributed by atoms with Gasteiger partial charge in [-0.15, -0.1) is 0 Å². The van der Waals surface area contributed by atoms with Crippen molar-refractivity contribution >= 4 is 0 Å². The van der Waals surface area contributed by atoms with Gasteiger partial charge in [0.05, 0.1) is 12.8 Å². The SMILES string of the molecule is CCN(Cc1ccco1)CC1CCCCCC1N. The molecule has 1 saturated carbocycles. The van der Waals surface area contributed by atoms with Gasteiger partial charge in [0.2, 0.25) is 0 Å². The van der Waals surface area contributed by atoms with E-state index in [-0.39, 0.29) is 0 Å². The quantitative estimate of drug-likeness (QED) is 0.817. The molecule has 2 unspecified atom stereocenters. The zero-order chi connectivity index (χ0) is 12.8. The zero-order valence-corrected chi connectivity index (χ0v) is 11.5. The van der Waals surface area contributed by atoms with Crippen molar-refractivity contribution in [1.82, 2.24) is 4.90 Å². The molecule has 0 aromatic carbocycles. The van der Waals surface area contributed by atoms with Crippen molar-refractivity contribution < 1.29 is 4.42 Å². The number of hydrogen-bond donors (Lipinski definition) is 1. The van der Waals surface area contributed by atoms with E-state index in [4.69, 9.17) is 10.2 Å². The van der Waals surface area contributed by atoms with Gasteiger partial charge in [-0.05, 0) is 37.4 Å². The van der Waals surface area contributed by atoms with Crippen LogP contribution in [0.15, 0.2) is 22.8 Å². The minimum Gasteiger partial charge on any atom is -0.468 e. The van der Waals surface area contributed by atoms with Crippen molar-refractivity contribution in [1.29, 1.82) is 0 Å². The maximum atomic E-state index is 6.31. The van der Waals surface area contributed by atoms with Crippen LogP contribution in [-0.2, 0) is 6.54 Å². The fraction of sp³-hybridized carbons (Fsp3) is 0.733. The first-order valence-corrected chi connectivity index (χ1v) is 7.30. The summed E-state index contributed by atoms with van der Waals surface area (Å²) in [7, 11) is 0. The molecule has 2 atom stereocenters. The van der Waals surface area contributed by atoms with E-state index in [0.717, 1.165) is 25.4 Å². The van der Waals surface area contributed by atoms with Gasteiger partial charge < -0.3 is 10.2 Å². The Balaban J connectivity index is 1.88. The van der Waals surface area contributed by atoms with Crippen LogP contribution in [0.1, 0.15) is 44.8 Å². The summed E-state index contributed by atoms with van der Waals surface area (Å²) in [6.07, 6.45) is 8.24. The van der Waals surface area contributed by atoms with Crippen LogP contribution in [0, 0.1) is 5.92 Å². The van der Waals surface area contributed by atoms with E-state index in [9.17, 15) is 0 Å². The van der Waals surface area contributed by atoms with Gasteiger partial charge in [-0.2, -0.15) is 0 Å². The molecule has 0 amide bonds. The molecule has 2 N–H and O–H groups in total. The number of furan rings is 1. The summed E-state index contributed by atoms with van der Waals surface area (Å²) < 4.78 is 5.43. The highest BCUT2D eigenvalue weighted by Gasteiger charge is 2.22. The predicted octanol–water partition coefficient (Wildman–Crippen LogP) is 3.01.